The van der Waals surface area contributed by atoms with Gasteiger partial charge < -0.3 is 15.5 Å². The van der Waals surface area contributed by atoms with Crippen LogP contribution < -0.4 is 10.6 Å². The average molecular weight is 426 g/mol. The van der Waals surface area contributed by atoms with Crippen LogP contribution >= 0.6 is 11.3 Å². The molecule has 0 bridgehead atoms. The van der Waals surface area contributed by atoms with Crippen molar-refractivity contribution in [2.45, 2.75) is 39.0 Å². The Bertz CT molecular complexity index is 853. The van der Waals surface area contributed by atoms with E-state index < -0.39 is 0 Å². The first-order valence-electron chi connectivity index (χ1n) is 10.8. The summed E-state index contributed by atoms with van der Waals surface area (Å²) in [4.78, 5) is 28.9. The summed E-state index contributed by atoms with van der Waals surface area (Å²) in [5.74, 6) is -0.526. The van der Waals surface area contributed by atoms with Gasteiger partial charge in [-0.15, -0.1) is 11.3 Å². The van der Waals surface area contributed by atoms with E-state index in [-0.39, 0.29) is 17.5 Å². The molecule has 160 valence electrons. The van der Waals surface area contributed by atoms with Gasteiger partial charge in [0.2, 0.25) is 0 Å². The van der Waals surface area contributed by atoms with E-state index >= 15 is 0 Å². The van der Waals surface area contributed by atoms with Crippen LogP contribution in [0.3, 0.4) is 0 Å². The largest absolute Gasteiger partial charge is 0.351 e. The van der Waals surface area contributed by atoms with Crippen LogP contribution in [0.15, 0.2) is 47.5 Å². The third-order valence-corrected chi connectivity index (χ3v) is 6.06. The number of benzene rings is 1. The molecule has 0 aliphatic carbocycles. The summed E-state index contributed by atoms with van der Waals surface area (Å²) in [6, 6.07) is 11.2. The van der Waals surface area contributed by atoms with Gasteiger partial charge in [0.15, 0.2) is 0 Å². The molecule has 0 radical (unpaired) electrons. The molecule has 2 aromatic rings. The smallest absolute Gasteiger partial charge is 0.267 e. The minimum atomic E-state index is -0.277. The van der Waals surface area contributed by atoms with Crippen molar-refractivity contribution in [1.82, 2.24) is 15.5 Å². The standard InChI is InChI=1S/C24H31N3O2S/c1-19-9-6-10-20(17-19)23(28)26-22(18-21-11-7-16-30-21)24(29)25-12-8-15-27-13-4-2-3-5-14-27/h6-7,9-11,16-18H,2-5,8,12-15H2,1H3,(H,25,29)(H,26,28)/b22-18-. The van der Waals surface area contributed by atoms with Crippen LogP contribution in [0, 0.1) is 6.92 Å². The minimum absolute atomic E-state index is 0.250. The van der Waals surface area contributed by atoms with Gasteiger partial charge >= 0.3 is 0 Å². The molecule has 1 aromatic heterocycles. The van der Waals surface area contributed by atoms with Gasteiger partial charge in [0.05, 0.1) is 0 Å². The Kier molecular flexibility index (Phi) is 8.66. The highest BCUT2D eigenvalue weighted by molar-refractivity contribution is 7.10. The molecule has 1 aliphatic rings. The maximum absolute atomic E-state index is 12.8. The molecule has 0 unspecified atom stereocenters. The average Bonchev–Trinajstić information content (AvgIpc) is 3.11. The van der Waals surface area contributed by atoms with E-state index in [2.05, 4.69) is 15.5 Å². The maximum atomic E-state index is 12.8. The lowest BCUT2D eigenvalue weighted by Crippen LogP contribution is -2.36. The highest BCUT2D eigenvalue weighted by atomic mass is 32.1. The summed E-state index contributed by atoms with van der Waals surface area (Å²) in [6.07, 6.45) is 7.83. The van der Waals surface area contributed by atoms with E-state index in [0.29, 0.717) is 12.1 Å². The summed E-state index contributed by atoms with van der Waals surface area (Å²) in [5, 5.41) is 7.73. The first-order chi connectivity index (χ1) is 14.6. The summed E-state index contributed by atoms with van der Waals surface area (Å²) >= 11 is 1.53. The molecule has 30 heavy (non-hydrogen) atoms. The van der Waals surface area contributed by atoms with Crippen molar-refractivity contribution in [3.05, 3.63) is 63.5 Å². The molecule has 2 N–H and O–H groups in total. The van der Waals surface area contributed by atoms with Crippen LogP contribution in [0.5, 0.6) is 0 Å². The zero-order valence-electron chi connectivity index (χ0n) is 17.7. The molecule has 2 amide bonds. The zero-order valence-corrected chi connectivity index (χ0v) is 18.5. The highest BCUT2D eigenvalue weighted by Gasteiger charge is 2.15. The summed E-state index contributed by atoms with van der Waals surface area (Å²) in [6.45, 7) is 5.85. The van der Waals surface area contributed by atoms with Crippen molar-refractivity contribution in [3.63, 3.8) is 0 Å². The second kappa shape index (κ2) is 11.7. The van der Waals surface area contributed by atoms with E-state index in [9.17, 15) is 9.59 Å². The van der Waals surface area contributed by atoms with E-state index in [1.54, 1.807) is 12.1 Å². The second-order valence-corrected chi connectivity index (χ2v) is 8.74. The topological polar surface area (TPSA) is 61.4 Å². The van der Waals surface area contributed by atoms with Gasteiger partial charge in [-0.1, -0.05) is 36.6 Å². The number of rotatable bonds is 8. The normalized spacial score (nSPS) is 15.4. The minimum Gasteiger partial charge on any atom is -0.351 e. The fourth-order valence-corrected chi connectivity index (χ4v) is 4.27. The van der Waals surface area contributed by atoms with Gasteiger partial charge in [-0.25, -0.2) is 0 Å². The van der Waals surface area contributed by atoms with E-state index in [1.165, 1.54) is 37.0 Å². The Morgan fingerprint density at radius 2 is 1.90 bits per heavy atom. The van der Waals surface area contributed by atoms with Crippen molar-refractivity contribution in [2.24, 2.45) is 0 Å². The molecule has 5 nitrogen and oxygen atoms in total. The molecule has 1 aliphatic heterocycles. The molecule has 2 heterocycles. The zero-order chi connectivity index (χ0) is 21.2. The van der Waals surface area contributed by atoms with Crippen molar-refractivity contribution in [3.8, 4) is 0 Å². The first-order valence-corrected chi connectivity index (χ1v) is 11.6. The Morgan fingerprint density at radius 1 is 1.10 bits per heavy atom. The van der Waals surface area contributed by atoms with Gasteiger partial charge in [0, 0.05) is 17.0 Å². The summed E-state index contributed by atoms with van der Waals surface area (Å²) in [5.41, 5.74) is 1.82. The number of carbonyl (C=O) groups excluding carboxylic acids is 2. The number of nitrogens with zero attached hydrogens (tertiary/aromatic N) is 1. The quantitative estimate of drug-likeness (QED) is 0.492. The SMILES string of the molecule is Cc1cccc(C(=O)N/C(=C\c2cccs2)C(=O)NCCCN2CCCCCC2)c1. The number of carbonyl (C=O) groups is 2. The van der Waals surface area contributed by atoms with Crippen LogP contribution in [0.2, 0.25) is 0 Å². The number of thiophene rings is 1. The van der Waals surface area contributed by atoms with E-state index in [4.69, 9.17) is 0 Å². The molecular formula is C24H31N3O2S. The van der Waals surface area contributed by atoms with Crippen LogP contribution in [-0.4, -0.2) is 42.9 Å². The molecule has 1 saturated heterocycles. The Hall–Kier alpha value is -2.44. The summed E-state index contributed by atoms with van der Waals surface area (Å²) < 4.78 is 0. The van der Waals surface area contributed by atoms with Gasteiger partial charge in [0.1, 0.15) is 5.70 Å². The molecule has 1 aromatic carbocycles. The van der Waals surface area contributed by atoms with Crippen LogP contribution in [0.1, 0.15) is 52.9 Å². The Labute approximate surface area is 183 Å². The monoisotopic (exact) mass is 425 g/mol. The molecule has 6 heteroatoms. The lowest BCUT2D eigenvalue weighted by atomic mass is 10.1. The molecule has 0 saturated carbocycles. The van der Waals surface area contributed by atoms with Crippen molar-refractivity contribution >= 4 is 29.2 Å². The number of hydrogen-bond donors (Lipinski definition) is 2. The second-order valence-electron chi connectivity index (χ2n) is 7.76. The molecule has 0 spiro atoms. The number of amides is 2. The number of likely N-dealkylation sites (tertiary alicyclic amines) is 1. The number of aryl methyl sites for hydroxylation is 1. The highest BCUT2D eigenvalue weighted by Crippen LogP contribution is 2.14. The van der Waals surface area contributed by atoms with Crippen molar-refractivity contribution < 1.29 is 9.59 Å². The third kappa shape index (κ3) is 7.11. The first kappa shape index (κ1) is 22.2. The molecular weight excluding hydrogens is 394 g/mol. The number of nitrogens with one attached hydrogen (secondary N) is 2. The fraction of sp³-hybridized carbons (Fsp3) is 0.417. The predicted octanol–water partition coefficient (Wildman–Crippen LogP) is 4.21. The van der Waals surface area contributed by atoms with E-state index in [0.717, 1.165) is 36.5 Å². The van der Waals surface area contributed by atoms with Gasteiger partial charge in [-0.2, -0.15) is 0 Å². The van der Waals surface area contributed by atoms with Crippen LogP contribution in [0.4, 0.5) is 0 Å². The van der Waals surface area contributed by atoms with Gasteiger partial charge in [-0.3, -0.25) is 9.59 Å². The lowest BCUT2D eigenvalue weighted by molar-refractivity contribution is -0.117. The molecule has 0 atom stereocenters. The maximum Gasteiger partial charge on any atom is 0.267 e. The van der Waals surface area contributed by atoms with Crippen LogP contribution in [-0.2, 0) is 4.79 Å². The third-order valence-electron chi connectivity index (χ3n) is 5.24. The number of hydrogen-bond acceptors (Lipinski definition) is 4. The van der Waals surface area contributed by atoms with Gasteiger partial charge in [-0.05, 0) is 75.5 Å². The van der Waals surface area contributed by atoms with E-state index in [1.807, 2.05) is 42.6 Å². The Balaban J connectivity index is 1.57. The molecule has 1 fully saturated rings. The fourth-order valence-electron chi connectivity index (χ4n) is 3.61. The predicted molar refractivity (Wildman–Crippen MR) is 123 cm³/mol. The van der Waals surface area contributed by atoms with Crippen molar-refractivity contribution in [1.29, 1.82) is 0 Å². The summed E-state index contributed by atoms with van der Waals surface area (Å²) in [7, 11) is 0. The van der Waals surface area contributed by atoms with Crippen LogP contribution in [0.25, 0.3) is 6.08 Å². The van der Waals surface area contributed by atoms with Gasteiger partial charge in [0.25, 0.3) is 11.8 Å². The lowest BCUT2D eigenvalue weighted by Gasteiger charge is -2.19. The Morgan fingerprint density at radius 3 is 2.60 bits per heavy atom. The molecule has 3 rings (SSSR count). The van der Waals surface area contributed by atoms with Crippen molar-refractivity contribution in [2.75, 3.05) is 26.2 Å².